The van der Waals surface area contributed by atoms with Gasteiger partial charge in [-0.3, -0.25) is 9.63 Å². The summed E-state index contributed by atoms with van der Waals surface area (Å²) in [5, 5.41) is 9.89. The van der Waals surface area contributed by atoms with Gasteiger partial charge in [-0.05, 0) is 41.5 Å². The van der Waals surface area contributed by atoms with Crippen LogP contribution in [0, 0.1) is 5.92 Å². The Morgan fingerprint density at radius 2 is 1.58 bits per heavy atom. The van der Waals surface area contributed by atoms with E-state index >= 15 is 0 Å². The number of amides is 1. The zero-order chi connectivity index (χ0) is 15.4. The van der Waals surface area contributed by atoms with Gasteiger partial charge in [-0.25, -0.2) is 4.79 Å². The smallest absolute Gasteiger partial charge is 0.434 e. The number of carboxylic acid groups (broad SMARTS) is 1. The molecule has 1 N–H and O–H groups in total. The molecule has 6 nitrogen and oxygen atoms in total. The fourth-order valence-corrected chi connectivity index (χ4v) is 1.12. The van der Waals surface area contributed by atoms with Crippen LogP contribution in [0.25, 0.3) is 0 Å². The molecule has 0 fully saturated rings. The minimum Gasteiger partial charge on any atom is -0.481 e. The predicted molar refractivity (Wildman–Crippen MR) is 70.6 cm³/mol. The van der Waals surface area contributed by atoms with E-state index in [0.29, 0.717) is 0 Å². The molecule has 1 atom stereocenters. The Balaban J connectivity index is 4.86. The summed E-state index contributed by atoms with van der Waals surface area (Å²) in [4.78, 5) is 28.3. The molecule has 19 heavy (non-hydrogen) atoms. The summed E-state index contributed by atoms with van der Waals surface area (Å²) in [6.45, 7) is 12.0. The average Bonchev–Trinajstić information content (AvgIpc) is 2.11. The second-order valence-corrected chi connectivity index (χ2v) is 6.48. The standard InChI is InChI=1S/C13H25NO5/c1-9(10(15)16)8-14(19-13(5,6)7)11(17)18-12(2,3)4/h9H,8H2,1-7H3,(H,15,16). The number of nitrogens with zero attached hydrogens (tertiary/aromatic N) is 1. The van der Waals surface area contributed by atoms with Crippen molar-refractivity contribution in [1.82, 2.24) is 5.06 Å². The highest BCUT2D eigenvalue weighted by Crippen LogP contribution is 2.16. The molecule has 0 aromatic rings. The van der Waals surface area contributed by atoms with Crippen molar-refractivity contribution in [3.05, 3.63) is 0 Å². The summed E-state index contributed by atoms with van der Waals surface area (Å²) in [5.74, 6) is -1.74. The zero-order valence-corrected chi connectivity index (χ0v) is 12.8. The molecule has 112 valence electrons. The molecule has 1 amide bonds. The normalized spacial score (nSPS) is 13.8. The van der Waals surface area contributed by atoms with Gasteiger partial charge in [0.2, 0.25) is 0 Å². The summed E-state index contributed by atoms with van der Waals surface area (Å²) in [6, 6.07) is 0. The van der Waals surface area contributed by atoms with Crippen LogP contribution in [0.1, 0.15) is 48.5 Å². The first-order chi connectivity index (χ1) is 8.32. The topological polar surface area (TPSA) is 76.1 Å². The number of rotatable bonds is 4. The number of aliphatic carboxylic acids is 1. The molecule has 1 unspecified atom stereocenters. The van der Waals surface area contributed by atoms with Crippen LogP contribution in [0.3, 0.4) is 0 Å². The Morgan fingerprint density at radius 1 is 1.11 bits per heavy atom. The summed E-state index contributed by atoms with van der Waals surface area (Å²) < 4.78 is 5.20. The molecular weight excluding hydrogens is 250 g/mol. The lowest BCUT2D eigenvalue weighted by Crippen LogP contribution is -2.44. The van der Waals surface area contributed by atoms with Crippen LogP contribution in [0.5, 0.6) is 0 Å². The van der Waals surface area contributed by atoms with E-state index in [9.17, 15) is 9.59 Å². The molecule has 0 saturated carbocycles. The van der Waals surface area contributed by atoms with Crippen LogP contribution in [-0.2, 0) is 14.4 Å². The summed E-state index contributed by atoms with van der Waals surface area (Å²) in [6.07, 6.45) is -0.685. The van der Waals surface area contributed by atoms with E-state index in [1.165, 1.54) is 6.92 Å². The van der Waals surface area contributed by atoms with Crippen molar-refractivity contribution in [2.45, 2.75) is 59.7 Å². The summed E-state index contributed by atoms with van der Waals surface area (Å²) >= 11 is 0. The fourth-order valence-electron chi connectivity index (χ4n) is 1.12. The SMILES string of the molecule is CC(CN(OC(C)(C)C)C(=O)OC(C)(C)C)C(=O)O. The van der Waals surface area contributed by atoms with Gasteiger partial charge in [0, 0.05) is 0 Å². The van der Waals surface area contributed by atoms with Gasteiger partial charge < -0.3 is 9.84 Å². The van der Waals surface area contributed by atoms with Crippen molar-refractivity contribution >= 4 is 12.1 Å². The highest BCUT2D eigenvalue weighted by molar-refractivity contribution is 5.72. The second kappa shape index (κ2) is 6.23. The first kappa shape index (κ1) is 17.7. The van der Waals surface area contributed by atoms with Crippen LogP contribution < -0.4 is 0 Å². The van der Waals surface area contributed by atoms with E-state index in [1.54, 1.807) is 41.5 Å². The highest BCUT2D eigenvalue weighted by atomic mass is 16.7. The molecule has 0 aromatic carbocycles. The van der Waals surface area contributed by atoms with Gasteiger partial charge in [-0.1, -0.05) is 6.92 Å². The van der Waals surface area contributed by atoms with Gasteiger partial charge in [-0.15, -0.1) is 0 Å². The Labute approximate surface area is 114 Å². The summed E-state index contributed by atoms with van der Waals surface area (Å²) in [7, 11) is 0. The zero-order valence-electron chi connectivity index (χ0n) is 12.8. The first-order valence-electron chi connectivity index (χ1n) is 6.24. The van der Waals surface area contributed by atoms with E-state index in [1.807, 2.05) is 0 Å². The molecule has 0 aromatic heterocycles. The lowest BCUT2D eigenvalue weighted by atomic mass is 10.2. The molecule has 0 aliphatic heterocycles. The minimum absolute atomic E-state index is 0.0679. The minimum atomic E-state index is -0.994. The number of carbonyl (C=O) groups excluding carboxylic acids is 1. The van der Waals surface area contributed by atoms with Crippen molar-refractivity contribution in [2.24, 2.45) is 5.92 Å². The van der Waals surface area contributed by atoms with Gasteiger partial charge in [-0.2, -0.15) is 5.06 Å². The first-order valence-corrected chi connectivity index (χ1v) is 6.24. The second-order valence-electron chi connectivity index (χ2n) is 6.48. The van der Waals surface area contributed by atoms with Crippen LogP contribution >= 0.6 is 0 Å². The molecule has 0 rings (SSSR count). The maximum absolute atomic E-state index is 12.0. The van der Waals surface area contributed by atoms with Gasteiger partial charge in [0.1, 0.15) is 5.60 Å². The Kier molecular flexibility index (Phi) is 5.81. The quantitative estimate of drug-likeness (QED) is 0.798. The molecule has 0 aliphatic rings. The van der Waals surface area contributed by atoms with Gasteiger partial charge >= 0.3 is 12.1 Å². The highest BCUT2D eigenvalue weighted by Gasteiger charge is 2.29. The Hall–Kier alpha value is -1.30. The van der Waals surface area contributed by atoms with E-state index in [-0.39, 0.29) is 6.54 Å². The van der Waals surface area contributed by atoms with Crippen LogP contribution in [-0.4, -0.2) is 40.0 Å². The number of hydroxylamine groups is 2. The molecule has 0 aliphatic carbocycles. The number of hydrogen-bond donors (Lipinski definition) is 1. The number of ether oxygens (including phenoxy) is 1. The van der Waals surface area contributed by atoms with Crippen LogP contribution in [0.15, 0.2) is 0 Å². The average molecular weight is 275 g/mol. The van der Waals surface area contributed by atoms with Crippen LogP contribution in [0.2, 0.25) is 0 Å². The monoisotopic (exact) mass is 275 g/mol. The largest absolute Gasteiger partial charge is 0.481 e. The van der Waals surface area contributed by atoms with Crippen molar-refractivity contribution in [1.29, 1.82) is 0 Å². The third kappa shape index (κ3) is 8.42. The number of carbonyl (C=O) groups is 2. The third-order valence-electron chi connectivity index (χ3n) is 1.84. The number of hydrogen-bond acceptors (Lipinski definition) is 4. The molecule has 0 bridgehead atoms. The molecule has 0 radical (unpaired) electrons. The van der Waals surface area contributed by atoms with E-state index in [0.717, 1.165) is 5.06 Å². The molecular formula is C13H25NO5. The van der Waals surface area contributed by atoms with Gasteiger partial charge in [0.15, 0.2) is 0 Å². The lowest BCUT2D eigenvalue weighted by Gasteiger charge is -2.32. The van der Waals surface area contributed by atoms with Crippen molar-refractivity contribution in [3.63, 3.8) is 0 Å². The Morgan fingerprint density at radius 3 is 1.89 bits per heavy atom. The predicted octanol–water partition coefficient (Wildman–Crippen LogP) is 2.67. The lowest BCUT2D eigenvalue weighted by molar-refractivity contribution is -0.216. The van der Waals surface area contributed by atoms with E-state index < -0.39 is 29.2 Å². The molecule has 0 spiro atoms. The number of carboxylic acids is 1. The van der Waals surface area contributed by atoms with Gasteiger partial charge in [0.25, 0.3) is 0 Å². The molecule has 6 heteroatoms. The third-order valence-corrected chi connectivity index (χ3v) is 1.84. The maximum Gasteiger partial charge on any atom is 0.434 e. The maximum atomic E-state index is 12.0. The fraction of sp³-hybridized carbons (Fsp3) is 0.846. The summed E-state index contributed by atoms with van der Waals surface area (Å²) in [5.41, 5.74) is -1.28. The Bertz CT molecular complexity index is 327. The van der Waals surface area contributed by atoms with E-state index in [2.05, 4.69) is 0 Å². The van der Waals surface area contributed by atoms with E-state index in [4.69, 9.17) is 14.7 Å². The van der Waals surface area contributed by atoms with Crippen molar-refractivity contribution in [2.75, 3.05) is 6.54 Å². The van der Waals surface area contributed by atoms with Crippen LogP contribution in [0.4, 0.5) is 4.79 Å². The molecule has 0 heterocycles. The van der Waals surface area contributed by atoms with Crippen molar-refractivity contribution in [3.8, 4) is 0 Å². The van der Waals surface area contributed by atoms with Crippen molar-refractivity contribution < 1.29 is 24.3 Å². The molecule has 0 saturated heterocycles. The van der Waals surface area contributed by atoms with Gasteiger partial charge in [0.05, 0.1) is 18.1 Å².